The van der Waals surface area contributed by atoms with Gasteiger partial charge >= 0.3 is 0 Å². The van der Waals surface area contributed by atoms with Crippen LogP contribution in [-0.2, 0) is 37.9 Å². The van der Waals surface area contributed by atoms with E-state index in [1.165, 1.54) is 66.1 Å². The first-order valence-corrected chi connectivity index (χ1v) is 30.8. The van der Waals surface area contributed by atoms with Gasteiger partial charge in [0.05, 0.1) is 39.0 Å². The molecule has 85 heavy (non-hydrogen) atoms. The van der Waals surface area contributed by atoms with E-state index in [1.54, 1.807) is 0 Å². The van der Waals surface area contributed by atoms with Crippen LogP contribution in [0, 0.1) is 0 Å². The molecular formula is C80H90N4O. The number of phenols is 1. The molecule has 0 unspecified atom stereocenters. The normalized spacial score (nSPS) is 13.3. The highest BCUT2D eigenvalue weighted by Gasteiger charge is 2.31. The van der Waals surface area contributed by atoms with Crippen LogP contribution >= 0.6 is 0 Å². The Hall–Kier alpha value is -7.76. The van der Waals surface area contributed by atoms with Crippen LogP contribution in [0.5, 0.6) is 5.75 Å². The van der Waals surface area contributed by atoms with E-state index in [-0.39, 0.29) is 43.7 Å². The Morgan fingerprint density at radius 1 is 0.353 bits per heavy atom. The monoisotopic (exact) mass is 1120 g/mol. The topological polar surface area (TPSA) is 55.9 Å². The zero-order chi connectivity index (χ0) is 61.5. The van der Waals surface area contributed by atoms with Crippen molar-refractivity contribution >= 4 is 43.6 Å². The molecule has 0 amide bonds. The second-order valence-corrected chi connectivity index (χ2v) is 31.6. The molecule has 3 aromatic heterocycles. The largest absolute Gasteiger partial charge is 0.507 e. The van der Waals surface area contributed by atoms with Gasteiger partial charge < -0.3 is 9.67 Å². The van der Waals surface area contributed by atoms with Gasteiger partial charge in [-0.1, -0.05) is 224 Å². The van der Waals surface area contributed by atoms with Gasteiger partial charge in [0, 0.05) is 44.7 Å². The maximum atomic E-state index is 12.7. The van der Waals surface area contributed by atoms with Gasteiger partial charge in [0.25, 0.3) is 0 Å². The molecule has 0 atom stereocenters. The molecule has 11 aromatic rings. The molecule has 0 aliphatic carbocycles. The molecule has 1 N–H and O–H groups in total. The first-order valence-electron chi connectivity index (χ1n) is 30.8. The summed E-state index contributed by atoms with van der Waals surface area (Å²) < 4.78 is 4.84. The molecule has 436 valence electrons. The quantitative estimate of drug-likeness (QED) is 0.181. The fourth-order valence-electron chi connectivity index (χ4n) is 12.2. The zero-order valence-electron chi connectivity index (χ0n) is 54.7. The average molecular weight is 1120 g/mol. The van der Waals surface area contributed by atoms with E-state index < -0.39 is 0 Å². The van der Waals surface area contributed by atoms with Crippen LogP contribution in [0.25, 0.3) is 99.9 Å². The molecular weight excluding hydrogens is 1030 g/mol. The Kier molecular flexibility index (Phi) is 14.0. The summed E-state index contributed by atoms with van der Waals surface area (Å²) in [4.78, 5) is 11.0. The second-order valence-electron chi connectivity index (χ2n) is 31.6. The number of phenolic OH excluding ortho intramolecular Hbond substituents is 1. The van der Waals surface area contributed by atoms with E-state index in [0.717, 1.165) is 66.9 Å². The summed E-state index contributed by atoms with van der Waals surface area (Å²) in [5.74, 6) is 0.980. The number of nitrogens with zero attached hydrogens (tertiary/aromatic N) is 4. The first-order chi connectivity index (χ1) is 39.4. The minimum absolute atomic E-state index is 0.00913. The van der Waals surface area contributed by atoms with Crippen molar-refractivity contribution in [2.45, 2.75) is 183 Å². The number of pyridine rings is 1. The van der Waals surface area contributed by atoms with E-state index in [0.29, 0.717) is 5.82 Å². The highest BCUT2D eigenvalue weighted by Crippen LogP contribution is 2.47. The molecule has 3 heterocycles. The van der Waals surface area contributed by atoms with Crippen LogP contribution < -0.4 is 0 Å². The molecule has 0 saturated heterocycles. The molecule has 0 bridgehead atoms. The average Bonchev–Trinajstić information content (AvgIpc) is 1.68. The molecule has 0 radical (unpaired) electrons. The maximum absolute atomic E-state index is 12.7. The summed E-state index contributed by atoms with van der Waals surface area (Å²) in [6.45, 7) is 47.8. The number of imidazole rings is 1. The van der Waals surface area contributed by atoms with Gasteiger partial charge in [-0.3, -0.25) is 9.55 Å². The van der Waals surface area contributed by atoms with Gasteiger partial charge in [-0.2, -0.15) is 0 Å². The molecule has 0 saturated carbocycles. The van der Waals surface area contributed by atoms with Crippen molar-refractivity contribution in [3.05, 3.63) is 197 Å². The van der Waals surface area contributed by atoms with E-state index >= 15 is 0 Å². The standard InChI is InChI=1S/C80H90N4O/c1-74(2,3)53-31-29-50-36-55(76(7,8)9)47-70(63(50)44-53)84-67-27-23-22-25-61(67)62-32-30-48(40-69(62)84)49-33-34-81-66(39-49)52-35-51(37-54(38-52)75(4,5)6)60-26-24-28-68-71(60)82-73(64-45-58(79(16,17)18)46-65(72(64)85)80(19,20)21)83(68)59-42-56(77(10,11)12)41-57(43-59)78(13,14)15/h22-47,85H,1-21H3. The molecule has 0 aliphatic heterocycles. The molecule has 11 rings (SSSR count). The lowest BCUT2D eigenvalue weighted by atomic mass is 9.78. The van der Waals surface area contributed by atoms with E-state index in [2.05, 4.69) is 306 Å². The van der Waals surface area contributed by atoms with Crippen LogP contribution in [0.4, 0.5) is 0 Å². The lowest BCUT2D eigenvalue weighted by Gasteiger charge is -2.28. The van der Waals surface area contributed by atoms with Gasteiger partial charge in [-0.05, 0) is 166 Å². The maximum Gasteiger partial charge on any atom is 0.149 e. The highest BCUT2D eigenvalue weighted by molar-refractivity contribution is 6.12. The van der Waals surface area contributed by atoms with E-state index in [9.17, 15) is 5.11 Å². The van der Waals surface area contributed by atoms with Crippen molar-refractivity contribution in [3.8, 4) is 62.0 Å². The van der Waals surface area contributed by atoms with Crippen LogP contribution in [-0.4, -0.2) is 24.2 Å². The molecule has 0 fully saturated rings. The lowest BCUT2D eigenvalue weighted by Crippen LogP contribution is -2.18. The van der Waals surface area contributed by atoms with Crippen molar-refractivity contribution in [1.29, 1.82) is 0 Å². The Morgan fingerprint density at radius 2 is 0.918 bits per heavy atom. The first kappa shape index (κ1) is 59.0. The third-order valence-corrected chi connectivity index (χ3v) is 17.7. The van der Waals surface area contributed by atoms with Gasteiger partial charge in [0.15, 0.2) is 0 Å². The summed E-state index contributed by atoms with van der Waals surface area (Å²) in [6.07, 6.45) is 1.97. The zero-order valence-corrected chi connectivity index (χ0v) is 54.7. The second kappa shape index (κ2) is 20.2. The molecule has 0 spiro atoms. The number of aromatic nitrogens is 4. The molecule has 0 aliphatic rings. The number of hydrogen-bond acceptors (Lipinski definition) is 3. The highest BCUT2D eigenvalue weighted by atomic mass is 16.3. The molecule has 5 nitrogen and oxygen atoms in total. The molecule has 8 aromatic carbocycles. The predicted octanol–water partition coefficient (Wildman–Crippen LogP) is 22.1. The van der Waals surface area contributed by atoms with Crippen molar-refractivity contribution in [3.63, 3.8) is 0 Å². The summed E-state index contributed by atoms with van der Waals surface area (Å²) >= 11 is 0. The van der Waals surface area contributed by atoms with Gasteiger partial charge in [-0.25, -0.2) is 4.98 Å². The van der Waals surface area contributed by atoms with Crippen LogP contribution in [0.15, 0.2) is 158 Å². The van der Waals surface area contributed by atoms with E-state index in [4.69, 9.17) is 9.97 Å². The lowest BCUT2D eigenvalue weighted by molar-refractivity contribution is 0.446. The molecule has 5 heteroatoms. The third kappa shape index (κ3) is 11.0. The SMILES string of the molecule is CC(C)(C)c1cc(-c2cc(-c3ccc4c5ccccc5n(-c5cc(C(C)(C)C)cc6ccc(C(C)(C)C)cc56)c4c3)ccn2)cc(-c2cccc3c2nc(-c2cc(C(C)(C)C)cc(C(C)(C)C)c2O)n3-c2cc(C(C)(C)C)cc(C(C)(C)C)c2)c1. The van der Waals surface area contributed by atoms with Crippen molar-refractivity contribution < 1.29 is 5.11 Å². The summed E-state index contributed by atoms with van der Waals surface area (Å²) in [5, 5.41) is 17.7. The summed E-state index contributed by atoms with van der Waals surface area (Å²) in [6, 6.07) is 57.2. The van der Waals surface area contributed by atoms with Gasteiger partial charge in [0.2, 0.25) is 0 Å². The van der Waals surface area contributed by atoms with Crippen LogP contribution in [0.1, 0.15) is 184 Å². The van der Waals surface area contributed by atoms with Gasteiger partial charge in [0.1, 0.15) is 11.6 Å². The third-order valence-electron chi connectivity index (χ3n) is 17.7. The van der Waals surface area contributed by atoms with Crippen molar-refractivity contribution in [2.24, 2.45) is 0 Å². The predicted molar refractivity (Wildman–Crippen MR) is 365 cm³/mol. The van der Waals surface area contributed by atoms with Crippen molar-refractivity contribution in [1.82, 2.24) is 19.1 Å². The minimum Gasteiger partial charge on any atom is -0.507 e. The number of hydrogen-bond donors (Lipinski definition) is 1. The Balaban J connectivity index is 1.13. The Labute approximate surface area is 507 Å². The Morgan fingerprint density at radius 3 is 1.55 bits per heavy atom. The Bertz CT molecular complexity index is 4420. The smallest absolute Gasteiger partial charge is 0.149 e. The number of para-hydroxylation sites is 2. The van der Waals surface area contributed by atoms with Gasteiger partial charge in [-0.15, -0.1) is 0 Å². The fraction of sp³-hybridized carbons (Fsp3) is 0.350. The number of aromatic hydroxyl groups is 1. The fourth-order valence-corrected chi connectivity index (χ4v) is 12.2. The number of benzene rings is 8. The number of rotatable bonds is 6. The van der Waals surface area contributed by atoms with Crippen LogP contribution in [0.2, 0.25) is 0 Å². The minimum atomic E-state index is -0.333. The van der Waals surface area contributed by atoms with E-state index in [1.807, 2.05) is 6.20 Å². The van der Waals surface area contributed by atoms with Crippen molar-refractivity contribution in [2.75, 3.05) is 0 Å². The summed E-state index contributed by atoms with van der Waals surface area (Å²) in [5.41, 5.74) is 20.7. The van der Waals surface area contributed by atoms with Crippen LogP contribution in [0.3, 0.4) is 0 Å². The summed E-state index contributed by atoms with van der Waals surface area (Å²) in [7, 11) is 0. The number of fused-ring (bicyclic) bond motifs is 5.